The molecule has 1 aliphatic heterocycles. The number of aliphatic carboxylic acids is 1. The normalized spacial score (nSPS) is 16.2. The molecule has 1 aliphatic rings. The van der Waals surface area contributed by atoms with Crippen molar-refractivity contribution in [1.29, 1.82) is 0 Å². The van der Waals surface area contributed by atoms with Crippen molar-refractivity contribution in [2.24, 2.45) is 0 Å². The van der Waals surface area contributed by atoms with Crippen molar-refractivity contribution < 1.29 is 24.2 Å². The third kappa shape index (κ3) is 5.46. The highest BCUT2D eigenvalue weighted by Crippen LogP contribution is 2.29. The van der Waals surface area contributed by atoms with Crippen molar-refractivity contribution in [3.05, 3.63) is 29.8 Å². The summed E-state index contributed by atoms with van der Waals surface area (Å²) in [6.45, 7) is 3.47. The number of carbonyl (C=O) groups is 2. The SMILES string of the molecule is COc1ccccc1C(C)CC(=O)N(CCC(=O)O)C1CCOCC1. The molecule has 2 rings (SSSR count). The Kier molecular flexibility index (Phi) is 7.25. The van der Waals surface area contributed by atoms with Crippen LogP contribution < -0.4 is 4.74 Å². The molecular formula is C19H27NO5. The molecule has 0 bridgehead atoms. The molecule has 6 heteroatoms. The Morgan fingerprint density at radius 1 is 1.32 bits per heavy atom. The van der Waals surface area contributed by atoms with Gasteiger partial charge in [0.1, 0.15) is 5.75 Å². The van der Waals surface area contributed by atoms with E-state index >= 15 is 0 Å². The van der Waals surface area contributed by atoms with E-state index in [1.807, 2.05) is 31.2 Å². The lowest BCUT2D eigenvalue weighted by Crippen LogP contribution is -2.44. The summed E-state index contributed by atoms with van der Waals surface area (Å²) < 4.78 is 10.7. The molecule has 1 saturated heterocycles. The zero-order valence-electron chi connectivity index (χ0n) is 14.9. The molecule has 0 spiro atoms. The van der Waals surface area contributed by atoms with E-state index in [1.54, 1.807) is 12.0 Å². The molecule has 1 aromatic rings. The number of carboxylic acids is 1. The van der Waals surface area contributed by atoms with Crippen LogP contribution in [0.3, 0.4) is 0 Å². The number of carbonyl (C=O) groups excluding carboxylic acids is 1. The molecule has 1 heterocycles. The lowest BCUT2D eigenvalue weighted by molar-refractivity contribution is -0.140. The third-order valence-electron chi connectivity index (χ3n) is 4.67. The number of nitrogens with zero attached hydrogens (tertiary/aromatic N) is 1. The lowest BCUT2D eigenvalue weighted by atomic mass is 9.95. The summed E-state index contributed by atoms with van der Waals surface area (Å²) in [5.74, 6) is -0.129. The van der Waals surface area contributed by atoms with Gasteiger partial charge in [0.2, 0.25) is 5.91 Å². The first-order valence-electron chi connectivity index (χ1n) is 8.74. The van der Waals surface area contributed by atoms with Crippen LogP contribution in [0.5, 0.6) is 5.75 Å². The Morgan fingerprint density at radius 2 is 2.00 bits per heavy atom. The molecule has 1 fully saturated rings. The van der Waals surface area contributed by atoms with Gasteiger partial charge in [-0.25, -0.2) is 0 Å². The fourth-order valence-corrected chi connectivity index (χ4v) is 3.29. The standard InChI is InChI=1S/C19H27NO5/c1-14(16-5-3-4-6-17(16)24-2)13-18(21)20(10-7-19(22)23)15-8-11-25-12-9-15/h3-6,14-15H,7-13H2,1-2H3,(H,22,23). The second-order valence-electron chi connectivity index (χ2n) is 6.42. The number of hydrogen-bond donors (Lipinski definition) is 1. The van der Waals surface area contributed by atoms with E-state index in [9.17, 15) is 9.59 Å². The van der Waals surface area contributed by atoms with E-state index in [0.717, 1.165) is 24.2 Å². The Morgan fingerprint density at radius 3 is 2.64 bits per heavy atom. The highest BCUT2D eigenvalue weighted by atomic mass is 16.5. The fraction of sp³-hybridized carbons (Fsp3) is 0.579. The van der Waals surface area contributed by atoms with Gasteiger partial charge in [0, 0.05) is 32.2 Å². The second kappa shape index (κ2) is 9.42. The van der Waals surface area contributed by atoms with Crippen molar-refractivity contribution in [3.63, 3.8) is 0 Å². The lowest BCUT2D eigenvalue weighted by Gasteiger charge is -2.35. The minimum Gasteiger partial charge on any atom is -0.496 e. The zero-order valence-corrected chi connectivity index (χ0v) is 14.9. The molecule has 0 saturated carbocycles. The van der Waals surface area contributed by atoms with Crippen LogP contribution in [0, 0.1) is 0 Å². The average Bonchev–Trinajstić information content (AvgIpc) is 2.62. The summed E-state index contributed by atoms with van der Waals surface area (Å²) in [7, 11) is 1.62. The Balaban J connectivity index is 2.07. The van der Waals surface area contributed by atoms with E-state index < -0.39 is 5.97 Å². The molecular weight excluding hydrogens is 322 g/mol. The largest absolute Gasteiger partial charge is 0.496 e. The third-order valence-corrected chi connectivity index (χ3v) is 4.67. The zero-order chi connectivity index (χ0) is 18.2. The molecule has 0 radical (unpaired) electrons. The molecule has 1 amide bonds. The van der Waals surface area contributed by atoms with Gasteiger partial charge in [0.15, 0.2) is 0 Å². The fourth-order valence-electron chi connectivity index (χ4n) is 3.29. The Labute approximate surface area is 148 Å². The maximum absolute atomic E-state index is 12.9. The van der Waals surface area contributed by atoms with E-state index in [-0.39, 0.29) is 30.8 Å². The molecule has 1 atom stereocenters. The van der Waals surface area contributed by atoms with Crippen molar-refractivity contribution in [1.82, 2.24) is 4.90 Å². The molecule has 1 unspecified atom stereocenters. The van der Waals surface area contributed by atoms with Crippen LogP contribution in [0.2, 0.25) is 0 Å². The van der Waals surface area contributed by atoms with Gasteiger partial charge in [0.05, 0.1) is 13.5 Å². The van der Waals surface area contributed by atoms with Gasteiger partial charge in [-0.2, -0.15) is 0 Å². The number of rotatable bonds is 8. The number of amides is 1. The van der Waals surface area contributed by atoms with Gasteiger partial charge in [0.25, 0.3) is 0 Å². The van der Waals surface area contributed by atoms with E-state index in [4.69, 9.17) is 14.6 Å². The predicted octanol–water partition coefficient (Wildman–Crippen LogP) is 2.67. The van der Waals surface area contributed by atoms with Gasteiger partial charge in [-0.1, -0.05) is 25.1 Å². The van der Waals surface area contributed by atoms with Crippen molar-refractivity contribution in [3.8, 4) is 5.75 Å². The number of ether oxygens (including phenoxy) is 2. The van der Waals surface area contributed by atoms with Crippen LogP contribution in [-0.2, 0) is 14.3 Å². The van der Waals surface area contributed by atoms with Gasteiger partial charge in [-0.3, -0.25) is 9.59 Å². The molecule has 25 heavy (non-hydrogen) atoms. The molecule has 1 N–H and O–H groups in total. The maximum atomic E-state index is 12.9. The number of benzene rings is 1. The summed E-state index contributed by atoms with van der Waals surface area (Å²) in [6, 6.07) is 7.74. The molecule has 0 aromatic heterocycles. The minimum absolute atomic E-state index is 0.00387. The minimum atomic E-state index is -0.886. The van der Waals surface area contributed by atoms with Gasteiger partial charge in [-0.15, -0.1) is 0 Å². The Bertz CT molecular complexity index is 583. The van der Waals surface area contributed by atoms with E-state index in [0.29, 0.717) is 19.6 Å². The van der Waals surface area contributed by atoms with Crippen LogP contribution in [0.25, 0.3) is 0 Å². The molecule has 6 nitrogen and oxygen atoms in total. The summed E-state index contributed by atoms with van der Waals surface area (Å²) in [6.07, 6.45) is 1.81. The first-order chi connectivity index (χ1) is 12.0. The summed E-state index contributed by atoms with van der Waals surface area (Å²) in [5, 5.41) is 8.99. The van der Waals surface area contributed by atoms with E-state index in [2.05, 4.69) is 0 Å². The average molecular weight is 349 g/mol. The quantitative estimate of drug-likeness (QED) is 0.781. The van der Waals surface area contributed by atoms with Crippen LogP contribution in [0.15, 0.2) is 24.3 Å². The predicted molar refractivity (Wildman–Crippen MR) is 93.8 cm³/mol. The van der Waals surface area contributed by atoms with Gasteiger partial charge >= 0.3 is 5.97 Å². The van der Waals surface area contributed by atoms with Crippen molar-refractivity contribution >= 4 is 11.9 Å². The molecule has 138 valence electrons. The van der Waals surface area contributed by atoms with Crippen LogP contribution in [0.1, 0.15) is 44.1 Å². The summed E-state index contributed by atoms with van der Waals surface area (Å²) >= 11 is 0. The Hall–Kier alpha value is -2.08. The van der Waals surface area contributed by atoms with Crippen LogP contribution >= 0.6 is 0 Å². The second-order valence-corrected chi connectivity index (χ2v) is 6.42. The first kappa shape index (κ1) is 19.2. The smallest absolute Gasteiger partial charge is 0.305 e. The summed E-state index contributed by atoms with van der Waals surface area (Å²) in [4.78, 5) is 25.6. The van der Waals surface area contributed by atoms with Crippen LogP contribution in [-0.4, -0.2) is 54.8 Å². The molecule has 1 aromatic carbocycles. The number of para-hydroxylation sites is 1. The molecule has 0 aliphatic carbocycles. The number of carboxylic acid groups (broad SMARTS) is 1. The van der Waals surface area contributed by atoms with Gasteiger partial charge in [-0.05, 0) is 30.4 Å². The highest BCUT2D eigenvalue weighted by Gasteiger charge is 2.27. The highest BCUT2D eigenvalue weighted by molar-refractivity contribution is 5.78. The summed E-state index contributed by atoms with van der Waals surface area (Å²) in [5.41, 5.74) is 0.989. The van der Waals surface area contributed by atoms with Crippen molar-refractivity contribution in [2.45, 2.75) is 44.6 Å². The first-order valence-corrected chi connectivity index (χ1v) is 8.74. The van der Waals surface area contributed by atoms with Crippen molar-refractivity contribution in [2.75, 3.05) is 26.9 Å². The van der Waals surface area contributed by atoms with Crippen LogP contribution in [0.4, 0.5) is 0 Å². The van der Waals surface area contributed by atoms with E-state index in [1.165, 1.54) is 0 Å². The number of hydrogen-bond acceptors (Lipinski definition) is 4. The maximum Gasteiger partial charge on any atom is 0.305 e. The topological polar surface area (TPSA) is 76.1 Å². The monoisotopic (exact) mass is 349 g/mol. The van der Waals surface area contributed by atoms with Gasteiger partial charge < -0.3 is 19.5 Å². The number of methoxy groups -OCH3 is 1.